The molecule has 2 aliphatic rings. The summed E-state index contributed by atoms with van der Waals surface area (Å²) in [4.78, 5) is 28.0. The molecule has 2 saturated heterocycles. The Bertz CT molecular complexity index is 564. The second kappa shape index (κ2) is 6.82. The molecule has 0 bridgehead atoms. The van der Waals surface area contributed by atoms with Crippen molar-refractivity contribution in [2.75, 3.05) is 31.1 Å². The molecule has 2 N–H and O–H groups in total. The van der Waals surface area contributed by atoms with Crippen molar-refractivity contribution in [2.24, 2.45) is 0 Å². The second-order valence-electron chi connectivity index (χ2n) is 5.52. The second-order valence-corrected chi connectivity index (χ2v) is 7.75. The minimum Gasteiger partial charge on any atom is -0.374 e. The van der Waals surface area contributed by atoms with E-state index in [-0.39, 0.29) is 17.9 Å². The van der Waals surface area contributed by atoms with Crippen molar-refractivity contribution >= 4 is 40.0 Å². The van der Waals surface area contributed by atoms with Gasteiger partial charge in [-0.3, -0.25) is 9.59 Å². The first kappa shape index (κ1) is 15.5. The van der Waals surface area contributed by atoms with Gasteiger partial charge in [0.25, 0.3) is 0 Å². The zero-order valence-electron chi connectivity index (χ0n) is 12.2. The molecule has 2 aliphatic heterocycles. The number of carbonyl (C=O) groups excluding carboxylic acids is 2. The van der Waals surface area contributed by atoms with Crippen LogP contribution < -0.4 is 5.73 Å². The fourth-order valence-electron chi connectivity index (χ4n) is 2.98. The van der Waals surface area contributed by atoms with Crippen LogP contribution in [0.3, 0.4) is 0 Å². The summed E-state index contributed by atoms with van der Waals surface area (Å²) in [5, 5.41) is 8.06. The van der Waals surface area contributed by atoms with E-state index in [1.54, 1.807) is 0 Å². The lowest BCUT2D eigenvalue weighted by Gasteiger charge is -2.37. The van der Waals surface area contributed by atoms with Crippen LogP contribution >= 0.6 is 23.1 Å². The molecule has 1 aromatic heterocycles. The zero-order valence-corrected chi connectivity index (χ0v) is 13.9. The Balaban J connectivity index is 1.52. The maximum Gasteiger partial charge on any atom is 0.233 e. The molecule has 2 amide bonds. The Morgan fingerprint density at radius 1 is 1.36 bits per heavy atom. The lowest BCUT2D eigenvalue weighted by molar-refractivity contribution is -0.135. The average Bonchev–Trinajstić information content (AvgIpc) is 3.13. The van der Waals surface area contributed by atoms with Crippen molar-refractivity contribution < 1.29 is 9.59 Å². The van der Waals surface area contributed by atoms with Crippen molar-refractivity contribution in [3.8, 4) is 0 Å². The molecule has 1 atom stereocenters. The quantitative estimate of drug-likeness (QED) is 0.815. The Morgan fingerprint density at radius 3 is 2.91 bits per heavy atom. The highest BCUT2D eigenvalue weighted by Crippen LogP contribution is 2.25. The van der Waals surface area contributed by atoms with Gasteiger partial charge in [-0.2, -0.15) is 0 Å². The van der Waals surface area contributed by atoms with Crippen LogP contribution in [0.15, 0.2) is 4.34 Å². The van der Waals surface area contributed by atoms with Crippen LogP contribution in [0, 0.1) is 0 Å². The van der Waals surface area contributed by atoms with Gasteiger partial charge in [0, 0.05) is 32.1 Å². The van der Waals surface area contributed by atoms with E-state index in [0.717, 1.165) is 32.4 Å². The van der Waals surface area contributed by atoms with Gasteiger partial charge in [-0.25, -0.2) is 0 Å². The van der Waals surface area contributed by atoms with E-state index < -0.39 is 0 Å². The van der Waals surface area contributed by atoms with Crippen molar-refractivity contribution in [2.45, 2.75) is 36.1 Å². The molecule has 7 nitrogen and oxygen atoms in total. The third-order valence-corrected chi connectivity index (χ3v) is 5.91. The van der Waals surface area contributed by atoms with Gasteiger partial charge in [-0.05, 0) is 19.3 Å². The van der Waals surface area contributed by atoms with Gasteiger partial charge in [0.2, 0.25) is 16.9 Å². The molecule has 22 heavy (non-hydrogen) atoms. The van der Waals surface area contributed by atoms with Crippen molar-refractivity contribution in [3.63, 3.8) is 0 Å². The number of nitrogens with zero attached hydrogens (tertiary/aromatic N) is 4. The number of hydrogen-bond donors (Lipinski definition) is 1. The number of piperidine rings is 1. The Hall–Kier alpha value is -1.35. The van der Waals surface area contributed by atoms with Gasteiger partial charge in [-0.15, -0.1) is 10.2 Å². The molecule has 0 saturated carbocycles. The number of carbonyl (C=O) groups is 2. The number of thioether (sulfide) groups is 1. The van der Waals surface area contributed by atoms with E-state index in [0.29, 0.717) is 28.2 Å². The summed E-state index contributed by atoms with van der Waals surface area (Å²) in [6.07, 6.45) is 3.54. The number of nitrogen functional groups attached to an aromatic ring is 1. The molecular formula is C13H19N5O2S2. The smallest absolute Gasteiger partial charge is 0.233 e. The predicted octanol–water partition coefficient (Wildman–Crippen LogP) is 0.826. The van der Waals surface area contributed by atoms with Crippen LogP contribution in [0.1, 0.15) is 25.7 Å². The summed E-state index contributed by atoms with van der Waals surface area (Å²) >= 11 is 2.66. The first-order valence-corrected chi connectivity index (χ1v) is 9.22. The number of hydrogen-bond acceptors (Lipinski definition) is 7. The number of likely N-dealkylation sites (tertiary alicyclic amines) is 2. The number of amides is 2. The van der Waals surface area contributed by atoms with E-state index in [1.807, 2.05) is 9.80 Å². The van der Waals surface area contributed by atoms with Gasteiger partial charge in [0.1, 0.15) is 0 Å². The van der Waals surface area contributed by atoms with Crippen LogP contribution in [-0.2, 0) is 9.59 Å². The molecule has 0 aliphatic carbocycles. The van der Waals surface area contributed by atoms with E-state index in [1.165, 1.54) is 23.1 Å². The van der Waals surface area contributed by atoms with E-state index in [9.17, 15) is 9.59 Å². The summed E-state index contributed by atoms with van der Waals surface area (Å²) < 4.78 is 0.717. The van der Waals surface area contributed by atoms with E-state index in [2.05, 4.69) is 10.2 Å². The largest absolute Gasteiger partial charge is 0.374 e. The molecule has 3 heterocycles. The normalized spacial score (nSPS) is 22.4. The van der Waals surface area contributed by atoms with Crippen molar-refractivity contribution in [1.82, 2.24) is 20.0 Å². The zero-order chi connectivity index (χ0) is 15.5. The number of nitrogens with two attached hydrogens (primary N) is 1. The molecule has 0 radical (unpaired) electrons. The molecule has 3 rings (SSSR count). The highest BCUT2D eigenvalue weighted by atomic mass is 32.2. The first-order valence-electron chi connectivity index (χ1n) is 7.42. The fraction of sp³-hybridized carbons (Fsp3) is 0.692. The maximum absolute atomic E-state index is 12.3. The molecule has 1 aromatic rings. The molecular weight excluding hydrogens is 322 g/mol. The van der Waals surface area contributed by atoms with Crippen LogP contribution in [0.25, 0.3) is 0 Å². The Morgan fingerprint density at radius 2 is 2.23 bits per heavy atom. The van der Waals surface area contributed by atoms with Crippen LogP contribution in [0.5, 0.6) is 0 Å². The van der Waals surface area contributed by atoms with Gasteiger partial charge in [0.15, 0.2) is 4.34 Å². The standard InChI is InChI=1S/C13H19N5O2S2/c14-12-15-16-13(22-12)21-8-11(20)17-5-1-3-9(7-17)18-6-2-4-10(18)19/h9H,1-8H2,(H2,14,15)/t9-/m0/s1. The summed E-state index contributed by atoms with van der Waals surface area (Å²) in [7, 11) is 0. The topological polar surface area (TPSA) is 92.4 Å². The molecule has 2 fully saturated rings. The average molecular weight is 341 g/mol. The highest BCUT2D eigenvalue weighted by molar-refractivity contribution is 8.01. The SMILES string of the molecule is Nc1nnc(SCC(=O)N2CCC[C@H](N3CCCC3=O)C2)s1. The summed E-state index contributed by atoms with van der Waals surface area (Å²) in [6.45, 7) is 2.27. The van der Waals surface area contributed by atoms with Gasteiger partial charge < -0.3 is 15.5 Å². The monoisotopic (exact) mass is 341 g/mol. The lowest BCUT2D eigenvalue weighted by atomic mass is 10.0. The maximum atomic E-state index is 12.3. The summed E-state index contributed by atoms with van der Waals surface area (Å²) in [6, 6.07) is 0.190. The Kier molecular flexibility index (Phi) is 4.82. The highest BCUT2D eigenvalue weighted by Gasteiger charge is 2.32. The number of rotatable bonds is 4. The van der Waals surface area contributed by atoms with Crippen LogP contribution in [-0.4, -0.2) is 63.2 Å². The van der Waals surface area contributed by atoms with Gasteiger partial charge in [-0.1, -0.05) is 23.1 Å². The number of anilines is 1. The van der Waals surface area contributed by atoms with E-state index in [4.69, 9.17) is 5.73 Å². The van der Waals surface area contributed by atoms with Gasteiger partial charge >= 0.3 is 0 Å². The van der Waals surface area contributed by atoms with E-state index >= 15 is 0 Å². The predicted molar refractivity (Wildman–Crippen MR) is 85.6 cm³/mol. The fourth-order valence-corrected chi connectivity index (χ4v) is 4.52. The molecule has 0 unspecified atom stereocenters. The summed E-state index contributed by atoms with van der Waals surface area (Å²) in [5.41, 5.74) is 5.53. The lowest BCUT2D eigenvalue weighted by Crippen LogP contribution is -2.50. The van der Waals surface area contributed by atoms with Gasteiger partial charge in [0.05, 0.1) is 5.75 Å². The minimum atomic E-state index is 0.0927. The van der Waals surface area contributed by atoms with Crippen molar-refractivity contribution in [1.29, 1.82) is 0 Å². The minimum absolute atomic E-state index is 0.0927. The molecule has 9 heteroatoms. The third-order valence-electron chi connectivity index (χ3n) is 4.04. The molecule has 0 aromatic carbocycles. The van der Waals surface area contributed by atoms with Crippen LogP contribution in [0.4, 0.5) is 5.13 Å². The molecule has 120 valence electrons. The summed E-state index contributed by atoms with van der Waals surface area (Å²) in [5.74, 6) is 0.670. The third kappa shape index (κ3) is 3.52. The first-order chi connectivity index (χ1) is 10.6. The van der Waals surface area contributed by atoms with Crippen LogP contribution in [0.2, 0.25) is 0 Å². The Labute approximate surface area is 137 Å². The van der Waals surface area contributed by atoms with Crippen molar-refractivity contribution in [3.05, 3.63) is 0 Å². The molecule has 0 spiro atoms. The number of aromatic nitrogens is 2.